The molecule has 4 N–H and O–H groups in total. The number of hydrogen-bond acceptors (Lipinski definition) is 6. The Morgan fingerprint density at radius 3 is 2.85 bits per heavy atom. The van der Waals surface area contributed by atoms with Crippen LogP contribution in [0.3, 0.4) is 0 Å². The van der Waals surface area contributed by atoms with Crippen molar-refractivity contribution in [3.63, 3.8) is 0 Å². The van der Waals surface area contributed by atoms with Crippen LogP contribution in [0.15, 0.2) is 18.2 Å². The highest BCUT2D eigenvalue weighted by Crippen LogP contribution is 2.30. The Kier molecular flexibility index (Phi) is 6.18. The lowest BCUT2D eigenvalue weighted by atomic mass is 9.85. The first-order valence-electron chi connectivity index (χ1n) is 8.60. The van der Waals surface area contributed by atoms with Crippen molar-refractivity contribution in [2.45, 2.75) is 24.7 Å². The predicted molar refractivity (Wildman–Crippen MR) is 104 cm³/mol. The molecule has 10 heteroatoms. The van der Waals surface area contributed by atoms with Gasteiger partial charge in [-0.3, -0.25) is 14.9 Å². The van der Waals surface area contributed by atoms with Crippen LogP contribution in [0.5, 0.6) is 0 Å². The van der Waals surface area contributed by atoms with E-state index in [9.17, 15) is 19.1 Å². The zero-order chi connectivity index (χ0) is 19.7. The number of benzene rings is 1. The first-order chi connectivity index (χ1) is 12.8. The lowest BCUT2D eigenvalue weighted by molar-refractivity contribution is -0.155. The average molecular weight is 492 g/mol. The van der Waals surface area contributed by atoms with Crippen LogP contribution in [-0.2, 0) is 9.59 Å². The molecule has 2 saturated heterocycles. The van der Waals surface area contributed by atoms with Crippen molar-refractivity contribution < 1.29 is 24.2 Å². The molecule has 0 radical (unpaired) electrons. The summed E-state index contributed by atoms with van der Waals surface area (Å²) in [5.74, 6) is -1.50. The predicted octanol–water partition coefficient (Wildman–Crippen LogP) is -0.242. The molecule has 148 valence electrons. The molecular weight excluding hydrogens is 470 g/mol. The molecule has 0 aliphatic carbocycles. The van der Waals surface area contributed by atoms with Crippen molar-refractivity contribution in [3.05, 3.63) is 27.6 Å². The number of aliphatic hydroxyl groups excluding tert-OH is 2. The van der Waals surface area contributed by atoms with Crippen LogP contribution in [0.4, 0.5) is 10.1 Å². The van der Waals surface area contributed by atoms with Gasteiger partial charge in [0.05, 0.1) is 43.7 Å². The molecule has 0 saturated carbocycles. The van der Waals surface area contributed by atoms with E-state index < -0.39 is 36.7 Å². The molecule has 3 unspecified atom stereocenters. The van der Waals surface area contributed by atoms with Crippen LogP contribution in [0.1, 0.15) is 6.42 Å². The summed E-state index contributed by atoms with van der Waals surface area (Å²) in [4.78, 5) is 28.3. The number of nitrogens with one attached hydrogen (secondary N) is 2. The van der Waals surface area contributed by atoms with Crippen molar-refractivity contribution in [3.8, 4) is 0 Å². The Labute approximate surface area is 169 Å². The third kappa shape index (κ3) is 4.18. The van der Waals surface area contributed by atoms with E-state index in [2.05, 4.69) is 10.6 Å². The summed E-state index contributed by atoms with van der Waals surface area (Å²) in [7, 11) is 1.63. The summed E-state index contributed by atoms with van der Waals surface area (Å²) < 4.78 is 15.0. The highest BCUT2D eigenvalue weighted by molar-refractivity contribution is 14.1. The summed E-state index contributed by atoms with van der Waals surface area (Å²) in [6.07, 6.45) is -1.52. The van der Waals surface area contributed by atoms with Crippen molar-refractivity contribution in [1.82, 2.24) is 15.1 Å². The minimum Gasteiger partial charge on any atom is -0.394 e. The molecule has 2 aliphatic rings. The molecule has 8 nitrogen and oxygen atoms in total. The van der Waals surface area contributed by atoms with Crippen LogP contribution in [0.25, 0.3) is 0 Å². The Balaban J connectivity index is 1.85. The molecule has 0 aromatic heterocycles. The van der Waals surface area contributed by atoms with Gasteiger partial charge in [0, 0.05) is 23.1 Å². The second-order valence-electron chi connectivity index (χ2n) is 6.81. The number of β-amino-alcohol motifs (C(OH)–C–C–N with tert-alkyl or cyclic N) is 1. The maximum atomic E-state index is 14.3. The quantitative estimate of drug-likeness (QED) is 0.423. The van der Waals surface area contributed by atoms with Gasteiger partial charge in [0.25, 0.3) is 0 Å². The molecule has 0 spiro atoms. The fraction of sp³-hybridized carbons (Fsp3) is 0.529. The zero-order valence-corrected chi connectivity index (χ0v) is 16.9. The first-order valence-corrected chi connectivity index (χ1v) is 9.68. The van der Waals surface area contributed by atoms with E-state index in [1.54, 1.807) is 19.2 Å². The summed E-state index contributed by atoms with van der Waals surface area (Å²) >= 11 is 2.01. The van der Waals surface area contributed by atoms with Gasteiger partial charge in [0.2, 0.25) is 11.8 Å². The summed E-state index contributed by atoms with van der Waals surface area (Å²) in [5, 5.41) is 24.9. The van der Waals surface area contributed by atoms with E-state index in [1.165, 1.54) is 15.9 Å². The minimum absolute atomic E-state index is 0.0200. The molecule has 2 heterocycles. The van der Waals surface area contributed by atoms with Crippen molar-refractivity contribution in [2.24, 2.45) is 5.92 Å². The number of halogens is 2. The number of hydrogen-bond donors (Lipinski definition) is 4. The van der Waals surface area contributed by atoms with Crippen LogP contribution in [0, 0.1) is 15.3 Å². The highest BCUT2D eigenvalue weighted by Gasteiger charge is 2.48. The summed E-state index contributed by atoms with van der Waals surface area (Å²) in [6.45, 7) is -0.321. The minimum atomic E-state index is -1.05. The fourth-order valence-electron chi connectivity index (χ4n) is 3.55. The average Bonchev–Trinajstić information content (AvgIpc) is 2.63. The molecule has 1 aromatic rings. The standard InChI is InChI=1S/C17H22FIN4O4/c1-22-14(26)5-13(21-12-3-2-9(19)4-11(12)18)15-16(22)20-8-23(17(15)27)6-10(25)7-24/h2-4,10,13,15-16,20-21,24-25H,5-8H2,1H3/t10-,13?,15?,16?/m1/s1. The number of fused-ring (bicyclic) bond motifs is 1. The van der Waals surface area contributed by atoms with E-state index in [1.807, 2.05) is 22.6 Å². The van der Waals surface area contributed by atoms with E-state index in [0.29, 0.717) is 0 Å². The molecule has 3 rings (SSSR count). The van der Waals surface area contributed by atoms with Crippen LogP contribution < -0.4 is 10.6 Å². The van der Waals surface area contributed by atoms with Crippen molar-refractivity contribution in [2.75, 3.05) is 32.2 Å². The number of aliphatic hydroxyl groups is 2. The number of anilines is 1. The number of rotatable bonds is 5. The Morgan fingerprint density at radius 2 is 2.19 bits per heavy atom. The summed E-state index contributed by atoms with van der Waals surface area (Å²) in [6, 6.07) is 4.11. The maximum absolute atomic E-state index is 14.3. The third-order valence-corrected chi connectivity index (χ3v) is 5.65. The van der Waals surface area contributed by atoms with E-state index >= 15 is 0 Å². The molecule has 4 atom stereocenters. The van der Waals surface area contributed by atoms with E-state index in [0.717, 1.165) is 3.57 Å². The number of piperidine rings is 1. The van der Waals surface area contributed by atoms with Gasteiger partial charge in [-0.1, -0.05) is 0 Å². The molecule has 2 aliphatic heterocycles. The van der Waals surface area contributed by atoms with Gasteiger partial charge in [-0.2, -0.15) is 0 Å². The Bertz CT molecular complexity index is 737. The van der Waals surface area contributed by atoms with Gasteiger partial charge < -0.3 is 25.3 Å². The largest absolute Gasteiger partial charge is 0.394 e. The van der Waals surface area contributed by atoms with Crippen LogP contribution >= 0.6 is 22.6 Å². The van der Waals surface area contributed by atoms with Gasteiger partial charge in [-0.05, 0) is 40.8 Å². The van der Waals surface area contributed by atoms with Crippen LogP contribution in [-0.4, -0.2) is 77.0 Å². The SMILES string of the molecule is CN1C(=O)CC(Nc2ccc(I)cc2F)C2C(=O)N(C[C@@H](O)CO)CNC21. The second-order valence-corrected chi connectivity index (χ2v) is 8.06. The van der Waals surface area contributed by atoms with E-state index in [-0.39, 0.29) is 37.1 Å². The first kappa shape index (κ1) is 20.2. The molecule has 2 fully saturated rings. The maximum Gasteiger partial charge on any atom is 0.232 e. The van der Waals surface area contributed by atoms with Crippen LogP contribution in [0.2, 0.25) is 0 Å². The van der Waals surface area contributed by atoms with Gasteiger partial charge in [0.1, 0.15) is 5.82 Å². The lowest BCUT2D eigenvalue weighted by Gasteiger charge is -2.49. The van der Waals surface area contributed by atoms with E-state index in [4.69, 9.17) is 5.11 Å². The molecular formula is C17H22FIN4O4. The topological polar surface area (TPSA) is 105 Å². The zero-order valence-electron chi connectivity index (χ0n) is 14.7. The van der Waals surface area contributed by atoms with Gasteiger partial charge >= 0.3 is 0 Å². The third-order valence-electron chi connectivity index (χ3n) is 4.98. The number of likely N-dealkylation sites (tertiary alicyclic amines) is 1. The molecule has 0 bridgehead atoms. The number of nitrogens with zero attached hydrogens (tertiary/aromatic N) is 2. The highest BCUT2D eigenvalue weighted by atomic mass is 127. The Hall–Kier alpha value is -1.50. The fourth-order valence-corrected chi connectivity index (χ4v) is 4.01. The molecule has 27 heavy (non-hydrogen) atoms. The smallest absolute Gasteiger partial charge is 0.232 e. The van der Waals surface area contributed by atoms with Gasteiger partial charge in [-0.15, -0.1) is 0 Å². The lowest BCUT2D eigenvalue weighted by Crippen LogP contribution is -2.70. The second kappa shape index (κ2) is 8.25. The number of carbonyl (C=O) groups is 2. The monoisotopic (exact) mass is 492 g/mol. The Morgan fingerprint density at radius 1 is 1.44 bits per heavy atom. The van der Waals surface area contributed by atoms with Crippen molar-refractivity contribution >= 4 is 40.1 Å². The van der Waals surface area contributed by atoms with Gasteiger partial charge in [0.15, 0.2) is 0 Å². The number of amides is 2. The normalized spacial score (nSPS) is 26.8. The van der Waals surface area contributed by atoms with Gasteiger partial charge in [-0.25, -0.2) is 4.39 Å². The van der Waals surface area contributed by atoms with Crippen molar-refractivity contribution in [1.29, 1.82) is 0 Å². The molecule has 1 aromatic carbocycles. The molecule has 2 amide bonds. The number of carbonyl (C=O) groups excluding carboxylic acids is 2. The summed E-state index contributed by atoms with van der Waals surface area (Å²) in [5.41, 5.74) is 0.233.